The number of ether oxygens (including phenoxy) is 1. The third-order valence-corrected chi connectivity index (χ3v) is 4.47. The molecule has 0 saturated carbocycles. The summed E-state index contributed by atoms with van der Waals surface area (Å²) in [7, 11) is 0. The van der Waals surface area contributed by atoms with Crippen molar-refractivity contribution in [3.05, 3.63) is 48.5 Å². The number of rotatable bonds is 4. The molecular weight excluding hydrogens is 335 g/mol. The van der Waals surface area contributed by atoms with E-state index in [1.54, 1.807) is 24.5 Å². The lowest BCUT2D eigenvalue weighted by Gasteiger charge is -2.22. The van der Waals surface area contributed by atoms with E-state index in [-0.39, 0.29) is 17.7 Å². The second-order valence-electron chi connectivity index (χ2n) is 6.29. The second kappa shape index (κ2) is 7.13. The van der Waals surface area contributed by atoms with Crippen molar-refractivity contribution in [3.8, 4) is 11.5 Å². The van der Waals surface area contributed by atoms with Crippen LogP contribution in [0.4, 0.5) is 10.1 Å². The van der Waals surface area contributed by atoms with Crippen LogP contribution in [0.5, 0.6) is 11.5 Å². The number of aromatic amines is 1. The molecule has 1 aliphatic heterocycles. The summed E-state index contributed by atoms with van der Waals surface area (Å²) in [6.07, 6.45) is 6.24. The Morgan fingerprint density at radius 3 is 2.96 bits per heavy atom. The molecule has 0 bridgehead atoms. The normalized spacial score (nSPS) is 17.2. The van der Waals surface area contributed by atoms with E-state index < -0.39 is 5.82 Å². The number of fused-ring (bicyclic) bond motifs is 1. The molecule has 0 spiro atoms. The number of hydrogen-bond donors (Lipinski definition) is 3. The predicted molar refractivity (Wildman–Crippen MR) is 96.8 cm³/mol. The number of aromatic nitrogens is 2. The molecule has 1 amide bonds. The van der Waals surface area contributed by atoms with Crippen LogP contribution in [0, 0.1) is 5.82 Å². The van der Waals surface area contributed by atoms with E-state index in [1.807, 2.05) is 6.07 Å². The number of nitrogens with one attached hydrogen (secondary N) is 3. The van der Waals surface area contributed by atoms with Crippen LogP contribution >= 0.6 is 0 Å². The van der Waals surface area contributed by atoms with E-state index in [1.165, 1.54) is 12.1 Å². The monoisotopic (exact) mass is 354 g/mol. The highest BCUT2D eigenvalue weighted by Crippen LogP contribution is 2.31. The van der Waals surface area contributed by atoms with Crippen LogP contribution < -0.4 is 15.4 Å². The highest BCUT2D eigenvalue weighted by molar-refractivity contribution is 5.95. The Hall–Kier alpha value is -2.93. The van der Waals surface area contributed by atoms with E-state index in [2.05, 4.69) is 20.6 Å². The molecule has 1 fully saturated rings. The number of H-pyrrole nitrogens is 1. The summed E-state index contributed by atoms with van der Waals surface area (Å²) in [6.45, 7) is 0.832. The van der Waals surface area contributed by atoms with Crippen molar-refractivity contribution in [2.75, 3.05) is 11.9 Å². The van der Waals surface area contributed by atoms with Crippen molar-refractivity contribution in [2.45, 2.75) is 25.3 Å². The standard InChI is InChI=1S/C19H19FN4O2/c20-14-11-12(24-19(25)15-3-1-2-8-21-15)4-5-17(14)26-16-7-10-23-18-13(16)6-9-22-18/h4-7,9-11,15,21H,1-3,8H2,(H,22,23)(H,24,25). The molecule has 1 unspecified atom stereocenters. The Kier molecular flexibility index (Phi) is 4.53. The van der Waals surface area contributed by atoms with Gasteiger partial charge < -0.3 is 20.4 Å². The molecule has 1 atom stereocenters. The number of carbonyl (C=O) groups is 1. The summed E-state index contributed by atoms with van der Waals surface area (Å²) in [5.41, 5.74) is 1.08. The van der Waals surface area contributed by atoms with E-state index in [0.29, 0.717) is 17.1 Å². The van der Waals surface area contributed by atoms with Crippen molar-refractivity contribution >= 4 is 22.6 Å². The molecule has 3 heterocycles. The van der Waals surface area contributed by atoms with Crippen molar-refractivity contribution in [3.63, 3.8) is 0 Å². The van der Waals surface area contributed by atoms with E-state index in [0.717, 1.165) is 31.2 Å². The molecule has 7 heteroatoms. The Morgan fingerprint density at radius 2 is 2.15 bits per heavy atom. The smallest absolute Gasteiger partial charge is 0.241 e. The molecule has 1 saturated heterocycles. The quantitative estimate of drug-likeness (QED) is 0.669. The molecule has 134 valence electrons. The first-order valence-electron chi connectivity index (χ1n) is 8.64. The molecule has 26 heavy (non-hydrogen) atoms. The molecule has 2 aromatic heterocycles. The van der Waals surface area contributed by atoms with Gasteiger partial charge in [0.05, 0.1) is 11.4 Å². The van der Waals surface area contributed by atoms with Gasteiger partial charge in [0.2, 0.25) is 5.91 Å². The second-order valence-corrected chi connectivity index (χ2v) is 6.29. The molecule has 3 N–H and O–H groups in total. The van der Waals surface area contributed by atoms with Crippen molar-refractivity contribution in [2.24, 2.45) is 0 Å². The van der Waals surface area contributed by atoms with Gasteiger partial charge in [0.1, 0.15) is 11.4 Å². The average Bonchev–Trinajstić information content (AvgIpc) is 3.14. The molecule has 0 radical (unpaired) electrons. The number of hydrogen-bond acceptors (Lipinski definition) is 4. The van der Waals surface area contributed by atoms with Gasteiger partial charge in [-0.15, -0.1) is 0 Å². The van der Waals surface area contributed by atoms with E-state index in [4.69, 9.17) is 4.74 Å². The van der Waals surface area contributed by atoms with Crippen molar-refractivity contribution in [1.82, 2.24) is 15.3 Å². The first-order chi connectivity index (χ1) is 12.7. The van der Waals surface area contributed by atoms with Crippen molar-refractivity contribution in [1.29, 1.82) is 0 Å². The zero-order valence-electron chi connectivity index (χ0n) is 14.1. The number of amides is 1. The number of piperidine rings is 1. The van der Waals surface area contributed by atoms with Gasteiger partial charge in [-0.1, -0.05) is 6.42 Å². The number of nitrogens with zero attached hydrogens (tertiary/aromatic N) is 1. The molecule has 1 aliphatic rings. The number of pyridine rings is 1. The van der Waals surface area contributed by atoms with Crippen LogP contribution in [0.1, 0.15) is 19.3 Å². The van der Waals surface area contributed by atoms with Gasteiger partial charge in [-0.3, -0.25) is 4.79 Å². The lowest BCUT2D eigenvalue weighted by molar-refractivity contribution is -0.118. The molecule has 6 nitrogen and oxygen atoms in total. The summed E-state index contributed by atoms with van der Waals surface area (Å²) in [6, 6.07) is 7.70. The highest BCUT2D eigenvalue weighted by Gasteiger charge is 2.20. The van der Waals surface area contributed by atoms with Gasteiger partial charge >= 0.3 is 0 Å². The Bertz CT molecular complexity index is 934. The Morgan fingerprint density at radius 1 is 1.23 bits per heavy atom. The first-order valence-corrected chi connectivity index (χ1v) is 8.64. The van der Waals surface area contributed by atoms with Gasteiger partial charge in [-0.25, -0.2) is 9.37 Å². The van der Waals surface area contributed by atoms with Gasteiger partial charge in [0.25, 0.3) is 0 Å². The zero-order chi connectivity index (χ0) is 17.9. The Balaban J connectivity index is 1.49. The first kappa shape index (κ1) is 16.5. The lowest BCUT2D eigenvalue weighted by Crippen LogP contribution is -2.43. The minimum atomic E-state index is -0.542. The summed E-state index contributed by atoms with van der Waals surface area (Å²) in [4.78, 5) is 19.4. The maximum atomic E-state index is 14.4. The number of halogens is 1. The fourth-order valence-electron chi connectivity index (χ4n) is 3.11. The molecular formula is C19H19FN4O2. The number of carbonyl (C=O) groups excluding carboxylic acids is 1. The van der Waals surface area contributed by atoms with Crippen LogP contribution in [0.15, 0.2) is 42.7 Å². The SMILES string of the molecule is O=C(Nc1ccc(Oc2ccnc3[nH]ccc23)c(F)c1)C1CCCCN1. The third-order valence-electron chi connectivity index (χ3n) is 4.47. The fourth-order valence-corrected chi connectivity index (χ4v) is 3.11. The summed E-state index contributed by atoms with van der Waals surface area (Å²) in [5.74, 6) is -0.0772. The third kappa shape index (κ3) is 3.39. The largest absolute Gasteiger partial charge is 0.453 e. The van der Waals surface area contributed by atoms with Crippen LogP contribution in [0.3, 0.4) is 0 Å². The Labute approximate surface area is 149 Å². The van der Waals surface area contributed by atoms with Gasteiger partial charge in [0, 0.05) is 24.1 Å². The van der Waals surface area contributed by atoms with E-state index >= 15 is 0 Å². The van der Waals surface area contributed by atoms with Gasteiger partial charge in [0.15, 0.2) is 11.6 Å². The minimum Gasteiger partial charge on any atom is -0.453 e. The van der Waals surface area contributed by atoms with Crippen LogP contribution in [0.25, 0.3) is 11.0 Å². The van der Waals surface area contributed by atoms with Crippen molar-refractivity contribution < 1.29 is 13.9 Å². The highest BCUT2D eigenvalue weighted by atomic mass is 19.1. The summed E-state index contributed by atoms with van der Waals surface area (Å²) < 4.78 is 20.1. The minimum absolute atomic E-state index is 0.0903. The molecule has 1 aromatic carbocycles. The summed E-state index contributed by atoms with van der Waals surface area (Å²) in [5, 5.41) is 6.70. The number of benzene rings is 1. The van der Waals surface area contributed by atoms with Crippen LogP contribution in [-0.2, 0) is 4.79 Å². The van der Waals surface area contributed by atoms with Crippen LogP contribution in [0.2, 0.25) is 0 Å². The summed E-state index contributed by atoms with van der Waals surface area (Å²) >= 11 is 0. The topological polar surface area (TPSA) is 79.0 Å². The zero-order valence-corrected chi connectivity index (χ0v) is 14.1. The van der Waals surface area contributed by atoms with Crippen LogP contribution in [-0.4, -0.2) is 28.5 Å². The molecule has 0 aliphatic carbocycles. The maximum absolute atomic E-state index is 14.4. The molecule has 4 rings (SSSR count). The predicted octanol–water partition coefficient (Wildman–Crippen LogP) is 3.57. The van der Waals surface area contributed by atoms with Gasteiger partial charge in [-0.05, 0) is 43.7 Å². The lowest BCUT2D eigenvalue weighted by atomic mass is 10.0. The fraction of sp³-hybridized carbons (Fsp3) is 0.263. The maximum Gasteiger partial charge on any atom is 0.241 e. The number of anilines is 1. The van der Waals surface area contributed by atoms with Gasteiger partial charge in [-0.2, -0.15) is 0 Å². The van der Waals surface area contributed by atoms with E-state index in [9.17, 15) is 9.18 Å². The molecule has 3 aromatic rings. The average molecular weight is 354 g/mol.